The lowest BCUT2D eigenvalue weighted by atomic mass is 9.46. The number of cyclic esters (lactones) is 1. The summed E-state index contributed by atoms with van der Waals surface area (Å²) in [5.74, 6) is 2.57. The maximum atomic E-state index is 11.9. The SMILES string of the molecule is CC(=O)O[C@H]1CC[C@@]2(C)C(=CC[C@H]3[C@H]4CC[C@H]([C@]5(C)CCC(=O)O5)[C@]4(C)CC[C@H]32)C1. The molecule has 0 amide bonds. The van der Waals surface area contributed by atoms with Gasteiger partial charge in [0.05, 0.1) is 0 Å². The molecular formula is C26H38O4. The van der Waals surface area contributed by atoms with Gasteiger partial charge in [-0.3, -0.25) is 9.59 Å². The lowest BCUT2D eigenvalue weighted by molar-refractivity contribution is -0.159. The molecule has 4 aliphatic carbocycles. The first-order valence-corrected chi connectivity index (χ1v) is 12.2. The Morgan fingerprint density at radius 3 is 2.57 bits per heavy atom. The maximum absolute atomic E-state index is 11.9. The van der Waals surface area contributed by atoms with Crippen LogP contribution in [0.2, 0.25) is 0 Å². The highest BCUT2D eigenvalue weighted by atomic mass is 16.6. The van der Waals surface area contributed by atoms with Gasteiger partial charge in [-0.2, -0.15) is 0 Å². The van der Waals surface area contributed by atoms with Crippen LogP contribution >= 0.6 is 0 Å². The zero-order valence-electron chi connectivity index (χ0n) is 19.2. The molecule has 4 heteroatoms. The molecule has 5 rings (SSSR count). The van der Waals surface area contributed by atoms with Crippen LogP contribution in [-0.4, -0.2) is 23.6 Å². The van der Waals surface area contributed by atoms with E-state index in [4.69, 9.17) is 9.47 Å². The van der Waals surface area contributed by atoms with Gasteiger partial charge in [0.1, 0.15) is 11.7 Å². The number of carbonyl (C=O) groups is 2. The minimum Gasteiger partial charge on any atom is -0.462 e. The summed E-state index contributed by atoms with van der Waals surface area (Å²) in [5.41, 5.74) is 1.85. The quantitative estimate of drug-likeness (QED) is 0.436. The lowest BCUT2D eigenvalue weighted by Gasteiger charge is -2.59. The van der Waals surface area contributed by atoms with E-state index in [0.29, 0.717) is 12.3 Å². The number of hydrogen-bond acceptors (Lipinski definition) is 4. The topological polar surface area (TPSA) is 52.6 Å². The minimum absolute atomic E-state index is 0.000489. The Hall–Kier alpha value is -1.32. The highest BCUT2D eigenvalue weighted by Crippen LogP contribution is 2.68. The average molecular weight is 415 g/mol. The second-order valence-electron chi connectivity index (χ2n) is 11.7. The third-order valence-corrected chi connectivity index (χ3v) is 10.3. The van der Waals surface area contributed by atoms with Gasteiger partial charge >= 0.3 is 11.9 Å². The number of ether oxygens (including phenoxy) is 2. The number of carbonyl (C=O) groups excluding carboxylic acids is 2. The fraction of sp³-hybridized carbons (Fsp3) is 0.846. The second-order valence-corrected chi connectivity index (χ2v) is 11.7. The van der Waals surface area contributed by atoms with Gasteiger partial charge in [-0.25, -0.2) is 0 Å². The molecule has 3 saturated carbocycles. The van der Waals surface area contributed by atoms with Crippen molar-refractivity contribution in [2.75, 3.05) is 0 Å². The molecule has 1 aliphatic heterocycles. The van der Waals surface area contributed by atoms with Crippen LogP contribution in [0.3, 0.4) is 0 Å². The van der Waals surface area contributed by atoms with Crippen molar-refractivity contribution in [3.8, 4) is 0 Å². The van der Waals surface area contributed by atoms with Gasteiger partial charge in [0.2, 0.25) is 0 Å². The molecule has 1 saturated heterocycles. The fourth-order valence-electron chi connectivity index (χ4n) is 8.92. The molecule has 1 heterocycles. The number of esters is 2. The van der Waals surface area contributed by atoms with Crippen molar-refractivity contribution in [1.82, 2.24) is 0 Å². The van der Waals surface area contributed by atoms with Crippen LogP contribution in [-0.2, 0) is 19.1 Å². The van der Waals surface area contributed by atoms with E-state index in [1.807, 2.05) is 0 Å². The normalized spacial score (nSPS) is 50.1. The molecule has 0 aromatic rings. The lowest BCUT2D eigenvalue weighted by Crippen LogP contribution is -2.53. The predicted octanol–water partition coefficient (Wildman–Crippen LogP) is 5.59. The summed E-state index contributed by atoms with van der Waals surface area (Å²) < 4.78 is 11.5. The summed E-state index contributed by atoms with van der Waals surface area (Å²) in [7, 11) is 0. The number of hydrogen-bond donors (Lipinski definition) is 0. The van der Waals surface area contributed by atoms with E-state index >= 15 is 0 Å². The van der Waals surface area contributed by atoms with E-state index in [9.17, 15) is 9.59 Å². The van der Waals surface area contributed by atoms with Crippen LogP contribution in [0.1, 0.15) is 91.9 Å². The summed E-state index contributed by atoms with van der Waals surface area (Å²) in [4.78, 5) is 23.4. The first-order chi connectivity index (χ1) is 14.2. The van der Waals surface area contributed by atoms with Gasteiger partial charge in [0.25, 0.3) is 0 Å². The zero-order valence-corrected chi connectivity index (χ0v) is 19.2. The molecule has 0 spiro atoms. The van der Waals surface area contributed by atoms with Crippen molar-refractivity contribution in [1.29, 1.82) is 0 Å². The number of allylic oxidation sites excluding steroid dienone is 1. The highest BCUT2D eigenvalue weighted by Gasteiger charge is 2.63. The molecule has 30 heavy (non-hydrogen) atoms. The van der Waals surface area contributed by atoms with Crippen LogP contribution in [0.4, 0.5) is 0 Å². The van der Waals surface area contributed by atoms with Gasteiger partial charge in [-0.1, -0.05) is 25.5 Å². The summed E-state index contributed by atoms with van der Waals surface area (Å²) >= 11 is 0. The average Bonchev–Trinajstić information content (AvgIpc) is 3.21. The molecule has 8 atom stereocenters. The first kappa shape index (κ1) is 20.6. The minimum atomic E-state index is -0.255. The van der Waals surface area contributed by atoms with Crippen molar-refractivity contribution >= 4 is 11.9 Å². The predicted molar refractivity (Wildman–Crippen MR) is 114 cm³/mol. The van der Waals surface area contributed by atoms with Crippen molar-refractivity contribution in [2.24, 2.45) is 34.5 Å². The molecule has 4 fully saturated rings. The van der Waals surface area contributed by atoms with Crippen LogP contribution < -0.4 is 0 Å². The summed E-state index contributed by atoms with van der Waals surface area (Å²) in [6, 6.07) is 0. The van der Waals surface area contributed by atoms with Crippen LogP contribution in [0, 0.1) is 34.5 Å². The molecule has 0 bridgehead atoms. The second kappa shape index (κ2) is 6.84. The van der Waals surface area contributed by atoms with Crippen LogP contribution in [0.5, 0.6) is 0 Å². The van der Waals surface area contributed by atoms with E-state index in [-0.39, 0.29) is 34.5 Å². The summed E-state index contributed by atoms with van der Waals surface area (Å²) in [6.45, 7) is 8.75. The number of rotatable bonds is 2. The largest absolute Gasteiger partial charge is 0.462 e. The van der Waals surface area contributed by atoms with E-state index in [1.165, 1.54) is 39.0 Å². The molecule has 0 aromatic carbocycles. The van der Waals surface area contributed by atoms with Crippen LogP contribution in [0.25, 0.3) is 0 Å². The van der Waals surface area contributed by atoms with Crippen molar-refractivity contribution in [2.45, 2.75) is 104 Å². The maximum Gasteiger partial charge on any atom is 0.306 e. The van der Waals surface area contributed by atoms with Crippen molar-refractivity contribution < 1.29 is 19.1 Å². The Kier molecular flexibility index (Phi) is 4.69. The summed E-state index contributed by atoms with van der Waals surface area (Å²) in [5, 5.41) is 0. The smallest absolute Gasteiger partial charge is 0.306 e. The molecule has 5 aliphatic rings. The van der Waals surface area contributed by atoms with Crippen LogP contribution in [0.15, 0.2) is 11.6 Å². The van der Waals surface area contributed by atoms with E-state index in [1.54, 1.807) is 5.57 Å². The summed E-state index contributed by atoms with van der Waals surface area (Å²) in [6.07, 6.45) is 13.3. The Morgan fingerprint density at radius 2 is 1.87 bits per heavy atom. The van der Waals surface area contributed by atoms with E-state index in [2.05, 4.69) is 26.8 Å². The van der Waals surface area contributed by atoms with Gasteiger partial charge < -0.3 is 9.47 Å². The van der Waals surface area contributed by atoms with Gasteiger partial charge in [0, 0.05) is 25.7 Å². The third kappa shape index (κ3) is 2.92. The molecule has 0 N–H and O–H groups in total. The van der Waals surface area contributed by atoms with Gasteiger partial charge in [-0.15, -0.1) is 0 Å². The molecular weight excluding hydrogens is 376 g/mol. The van der Waals surface area contributed by atoms with Crippen molar-refractivity contribution in [3.63, 3.8) is 0 Å². The van der Waals surface area contributed by atoms with Crippen molar-refractivity contribution in [3.05, 3.63) is 11.6 Å². The molecule has 0 radical (unpaired) electrons. The number of fused-ring (bicyclic) bond motifs is 5. The molecule has 0 unspecified atom stereocenters. The molecule has 4 nitrogen and oxygen atoms in total. The van der Waals surface area contributed by atoms with E-state index in [0.717, 1.165) is 43.4 Å². The van der Waals surface area contributed by atoms with Gasteiger partial charge in [0.15, 0.2) is 0 Å². The zero-order chi connectivity index (χ0) is 21.3. The Balaban J connectivity index is 1.39. The first-order valence-electron chi connectivity index (χ1n) is 12.2. The molecule has 0 aromatic heterocycles. The monoisotopic (exact) mass is 414 g/mol. The molecule has 166 valence electrons. The Morgan fingerprint density at radius 1 is 1.07 bits per heavy atom. The fourth-order valence-corrected chi connectivity index (χ4v) is 8.92. The Labute approximate surface area is 181 Å². The highest BCUT2D eigenvalue weighted by molar-refractivity contribution is 5.72. The Bertz CT molecular complexity index is 786. The third-order valence-electron chi connectivity index (χ3n) is 10.3. The standard InChI is InChI=1S/C26H38O4/c1-16(27)29-18-9-12-24(2)17(15-18)5-6-19-20-7-8-22(25(20,3)13-10-21(19)24)26(4)14-11-23(28)30-26/h5,18-22H,6-15H2,1-4H3/t18-,19-,20+,21+,22-,24-,25+,26-/m0/s1. The van der Waals surface area contributed by atoms with Gasteiger partial charge in [-0.05, 0) is 86.9 Å². The van der Waals surface area contributed by atoms with E-state index < -0.39 is 0 Å².